The van der Waals surface area contributed by atoms with Crippen molar-refractivity contribution in [1.82, 2.24) is 4.90 Å². The van der Waals surface area contributed by atoms with Gasteiger partial charge in [-0.3, -0.25) is 9.69 Å². The number of carbonyl (C=O) groups is 1. The first-order chi connectivity index (χ1) is 19.6. The van der Waals surface area contributed by atoms with Gasteiger partial charge in [0.05, 0.1) is 13.2 Å². The topological polar surface area (TPSA) is 32.8 Å². The molecular formula is C36H40N2O2. The largest absolute Gasteiger partial charge is 0.378 e. The molecule has 4 nitrogen and oxygen atoms in total. The maximum absolute atomic E-state index is 14.4. The molecule has 4 aromatic rings. The van der Waals surface area contributed by atoms with E-state index < -0.39 is 5.54 Å². The number of nitrogens with zero attached hydrogens (tertiary/aromatic N) is 2. The number of rotatable bonds is 11. The summed E-state index contributed by atoms with van der Waals surface area (Å²) in [6.45, 7) is 3.47. The molecule has 0 radical (unpaired) electrons. The van der Waals surface area contributed by atoms with E-state index in [2.05, 4.69) is 82.6 Å². The van der Waals surface area contributed by atoms with Gasteiger partial charge >= 0.3 is 0 Å². The van der Waals surface area contributed by atoms with E-state index in [-0.39, 0.29) is 5.78 Å². The monoisotopic (exact) mass is 532 g/mol. The van der Waals surface area contributed by atoms with Crippen molar-refractivity contribution in [3.8, 4) is 0 Å². The number of morpholine rings is 1. The first-order valence-corrected chi connectivity index (χ1v) is 14.4. The SMILES string of the molecule is CN(C)C(CCCc1ccccc1)(C(=O)c1ccc(Cc2ccc(N3CCOCC3)cc2)cc1)c1ccccc1. The molecular weight excluding hydrogens is 492 g/mol. The third-order valence-electron chi connectivity index (χ3n) is 8.17. The van der Waals surface area contributed by atoms with Gasteiger partial charge in [-0.05, 0) is 74.2 Å². The van der Waals surface area contributed by atoms with Crippen molar-refractivity contribution in [2.75, 3.05) is 45.3 Å². The number of carbonyl (C=O) groups excluding carboxylic acids is 1. The number of aryl methyl sites for hydroxylation is 1. The van der Waals surface area contributed by atoms with Crippen molar-refractivity contribution in [3.63, 3.8) is 0 Å². The standard InChI is InChI=1S/C36H40N2O2/c1-37(2)36(33-13-7-4-8-14-33,23-9-12-29-10-5-3-6-11-29)35(39)32-19-15-30(16-20-32)28-31-17-21-34(22-18-31)38-24-26-40-27-25-38/h3-8,10-11,13-22H,9,12,23-28H2,1-2H3. The summed E-state index contributed by atoms with van der Waals surface area (Å²) in [6.07, 6.45) is 3.45. The Kier molecular flexibility index (Phi) is 9.10. The molecule has 0 bridgehead atoms. The van der Waals surface area contributed by atoms with E-state index in [1.54, 1.807) is 0 Å². The predicted molar refractivity (Wildman–Crippen MR) is 164 cm³/mol. The van der Waals surface area contributed by atoms with Gasteiger partial charge in [-0.2, -0.15) is 0 Å². The molecule has 5 rings (SSSR count). The molecule has 0 aliphatic carbocycles. The second kappa shape index (κ2) is 13.1. The van der Waals surface area contributed by atoms with Gasteiger partial charge < -0.3 is 9.64 Å². The lowest BCUT2D eigenvalue weighted by Gasteiger charge is -2.39. The Morgan fingerprint density at radius 2 is 1.32 bits per heavy atom. The van der Waals surface area contributed by atoms with E-state index in [9.17, 15) is 4.79 Å². The summed E-state index contributed by atoms with van der Waals surface area (Å²) in [7, 11) is 4.06. The molecule has 1 heterocycles. The van der Waals surface area contributed by atoms with Crippen LogP contribution in [0.1, 0.15) is 45.5 Å². The van der Waals surface area contributed by atoms with E-state index in [0.29, 0.717) is 0 Å². The fraction of sp³-hybridized carbons (Fsp3) is 0.306. The highest BCUT2D eigenvalue weighted by Crippen LogP contribution is 2.36. The third kappa shape index (κ3) is 6.35. The number of hydrogen-bond acceptors (Lipinski definition) is 4. The number of benzene rings is 4. The minimum absolute atomic E-state index is 0.151. The van der Waals surface area contributed by atoms with Crippen molar-refractivity contribution >= 4 is 11.5 Å². The van der Waals surface area contributed by atoms with Crippen LogP contribution in [-0.2, 0) is 23.1 Å². The fourth-order valence-corrected chi connectivity index (χ4v) is 5.88. The molecule has 0 N–H and O–H groups in total. The number of anilines is 1. The zero-order chi connectivity index (χ0) is 27.8. The molecule has 0 amide bonds. The molecule has 1 aliphatic heterocycles. The van der Waals surface area contributed by atoms with Gasteiger partial charge in [0.1, 0.15) is 5.54 Å². The minimum Gasteiger partial charge on any atom is -0.378 e. The highest BCUT2D eigenvalue weighted by molar-refractivity contribution is 6.03. The van der Waals surface area contributed by atoms with Crippen LogP contribution in [0, 0.1) is 0 Å². The summed E-state index contributed by atoms with van der Waals surface area (Å²) in [5.74, 6) is 0.151. The maximum Gasteiger partial charge on any atom is 0.187 e. The Hall–Kier alpha value is -3.73. The highest BCUT2D eigenvalue weighted by atomic mass is 16.5. The third-order valence-corrected chi connectivity index (χ3v) is 8.17. The second-order valence-corrected chi connectivity index (χ2v) is 10.9. The first kappa shape index (κ1) is 27.8. The van der Waals surface area contributed by atoms with E-state index in [1.165, 1.54) is 22.4 Å². The molecule has 4 aromatic carbocycles. The average molecular weight is 533 g/mol. The van der Waals surface area contributed by atoms with Gasteiger partial charge in [0.15, 0.2) is 5.78 Å². The normalized spacial score (nSPS) is 15.1. The number of ether oxygens (including phenoxy) is 1. The van der Waals surface area contributed by atoms with E-state index in [0.717, 1.165) is 63.1 Å². The summed E-state index contributed by atoms with van der Waals surface area (Å²) in [4.78, 5) is 18.8. The fourth-order valence-electron chi connectivity index (χ4n) is 5.88. The average Bonchev–Trinajstić information content (AvgIpc) is 3.01. The summed E-state index contributed by atoms with van der Waals surface area (Å²) in [5, 5.41) is 0. The molecule has 1 atom stereocenters. The Labute approximate surface area is 239 Å². The van der Waals surface area contributed by atoms with Crippen LogP contribution < -0.4 is 4.90 Å². The van der Waals surface area contributed by atoms with Crippen LogP contribution >= 0.6 is 0 Å². The van der Waals surface area contributed by atoms with Crippen molar-refractivity contribution in [2.24, 2.45) is 0 Å². The van der Waals surface area contributed by atoms with Crippen LogP contribution in [0.3, 0.4) is 0 Å². The Morgan fingerprint density at radius 1 is 0.750 bits per heavy atom. The van der Waals surface area contributed by atoms with Gasteiger partial charge in [0, 0.05) is 24.3 Å². The molecule has 0 spiro atoms. The van der Waals surface area contributed by atoms with Crippen LogP contribution in [-0.4, -0.2) is 51.1 Å². The number of Topliss-reactive ketones (excluding diaryl/α,β-unsaturated/α-hetero) is 1. The molecule has 206 valence electrons. The van der Waals surface area contributed by atoms with Crippen LogP contribution in [0.5, 0.6) is 0 Å². The van der Waals surface area contributed by atoms with Crippen molar-refractivity contribution in [2.45, 2.75) is 31.2 Å². The quantitative estimate of drug-likeness (QED) is 0.200. The molecule has 1 saturated heterocycles. The molecule has 1 fully saturated rings. The number of hydrogen-bond donors (Lipinski definition) is 0. The van der Waals surface area contributed by atoms with Crippen LogP contribution in [0.15, 0.2) is 109 Å². The maximum atomic E-state index is 14.4. The lowest BCUT2D eigenvalue weighted by atomic mass is 9.77. The van der Waals surface area contributed by atoms with Gasteiger partial charge in [-0.1, -0.05) is 97.1 Å². The smallest absolute Gasteiger partial charge is 0.187 e. The van der Waals surface area contributed by atoms with Crippen molar-refractivity contribution in [1.29, 1.82) is 0 Å². The molecule has 0 saturated carbocycles. The van der Waals surface area contributed by atoms with E-state index in [4.69, 9.17) is 4.74 Å². The summed E-state index contributed by atoms with van der Waals surface area (Å²) >= 11 is 0. The second-order valence-electron chi connectivity index (χ2n) is 10.9. The molecule has 40 heavy (non-hydrogen) atoms. The zero-order valence-corrected chi connectivity index (χ0v) is 23.8. The summed E-state index contributed by atoms with van der Waals surface area (Å²) in [5.41, 5.74) is 6.09. The minimum atomic E-state index is -0.729. The van der Waals surface area contributed by atoms with Crippen LogP contribution in [0.4, 0.5) is 5.69 Å². The Balaban J connectivity index is 1.33. The predicted octanol–water partition coefficient (Wildman–Crippen LogP) is 6.78. The van der Waals surface area contributed by atoms with Gasteiger partial charge in [0.2, 0.25) is 0 Å². The molecule has 1 aliphatic rings. The Morgan fingerprint density at radius 3 is 1.93 bits per heavy atom. The van der Waals surface area contributed by atoms with E-state index in [1.807, 2.05) is 50.5 Å². The van der Waals surface area contributed by atoms with Crippen LogP contribution in [0.2, 0.25) is 0 Å². The molecule has 0 aromatic heterocycles. The first-order valence-electron chi connectivity index (χ1n) is 14.4. The summed E-state index contributed by atoms with van der Waals surface area (Å²) < 4.78 is 5.48. The van der Waals surface area contributed by atoms with Crippen molar-refractivity contribution < 1.29 is 9.53 Å². The van der Waals surface area contributed by atoms with E-state index >= 15 is 0 Å². The number of likely N-dealkylation sites (N-methyl/N-ethyl adjacent to an activating group) is 1. The molecule has 1 unspecified atom stereocenters. The lowest BCUT2D eigenvalue weighted by Crippen LogP contribution is -2.48. The van der Waals surface area contributed by atoms with Gasteiger partial charge in [-0.15, -0.1) is 0 Å². The number of ketones is 1. The van der Waals surface area contributed by atoms with Gasteiger partial charge in [-0.25, -0.2) is 0 Å². The van der Waals surface area contributed by atoms with Crippen LogP contribution in [0.25, 0.3) is 0 Å². The van der Waals surface area contributed by atoms with Gasteiger partial charge in [0.25, 0.3) is 0 Å². The zero-order valence-electron chi connectivity index (χ0n) is 23.8. The Bertz CT molecular complexity index is 1350. The molecule has 4 heteroatoms. The lowest BCUT2D eigenvalue weighted by molar-refractivity contribution is 0.0641. The highest BCUT2D eigenvalue weighted by Gasteiger charge is 2.42. The van der Waals surface area contributed by atoms with Crippen molar-refractivity contribution in [3.05, 3.63) is 137 Å². The summed E-state index contributed by atoms with van der Waals surface area (Å²) in [6, 6.07) is 37.9.